The van der Waals surface area contributed by atoms with E-state index in [1.807, 2.05) is 0 Å². The lowest BCUT2D eigenvalue weighted by Gasteiger charge is -2.21. The van der Waals surface area contributed by atoms with Gasteiger partial charge in [-0.25, -0.2) is 9.59 Å². The van der Waals surface area contributed by atoms with Gasteiger partial charge in [0, 0.05) is 12.2 Å². The van der Waals surface area contributed by atoms with E-state index in [1.165, 1.54) is 25.0 Å². The summed E-state index contributed by atoms with van der Waals surface area (Å²) in [5, 5.41) is 15.4. The average Bonchev–Trinajstić information content (AvgIpc) is 2.61. The lowest BCUT2D eigenvalue weighted by molar-refractivity contribution is -0.147. The van der Waals surface area contributed by atoms with Crippen molar-refractivity contribution in [3.63, 3.8) is 0 Å². The fraction of sp³-hybridized carbons (Fsp3) is 0.684. The molecule has 0 spiro atoms. The van der Waals surface area contributed by atoms with E-state index in [0.29, 0.717) is 0 Å². The molecule has 2 aliphatic carbocycles. The molecule has 2 aliphatic rings. The molecule has 0 radical (unpaired) electrons. The van der Waals surface area contributed by atoms with Gasteiger partial charge in [0.2, 0.25) is 0 Å². The van der Waals surface area contributed by atoms with Crippen LogP contribution >= 0.6 is 0 Å². The number of hydrogen-bond acceptors (Lipinski definition) is 6. The molecule has 0 bridgehead atoms. The van der Waals surface area contributed by atoms with Gasteiger partial charge >= 0.3 is 23.9 Å². The maximum Gasteiger partial charge on any atom is 0.331 e. The number of aliphatic carboxylic acids is 2. The van der Waals surface area contributed by atoms with Crippen molar-refractivity contribution in [3.05, 3.63) is 12.2 Å². The molecule has 2 saturated carbocycles. The highest BCUT2D eigenvalue weighted by Crippen LogP contribution is 2.21. The van der Waals surface area contributed by atoms with Crippen molar-refractivity contribution in [3.8, 4) is 0 Å². The largest absolute Gasteiger partial charge is 0.481 e. The van der Waals surface area contributed by atoms with Crippen LogP contribution in [0.2, 0.25) is 0 Å². The van der Waals surface area contributed by atoms with Gasteiger partial charge in [0.15, 0.2) is 0 Å². The van der Waals surface area contributed by atoms with Crippen LogP contribution in [-0.2, 0) is 28.7 Å². The summed E-state index contributed by atoms with van der Waals surface area (Å²) < 4.78 is 10.6. The minimum absolute atomic E-state index is 0.0234. The van der Waals surface area contributed by atoms with Crippen LogP contribution in [0.25, 0.3) is 0 Å². The lowest BCUT2D eigenvalue weighted by atomic mass is 9.98. The number of carbonyl (C=O) groups excluding carboxylic acids is 2. The number of carbonyl (C=O) groups is 4. The van der Waals surface area contributed by atoms with Crippen LogP contribution in [0.4, 0.5) is 0 Å². The Hall–Kier alpha value is -2.38. The SMILES string of the molecule is O=C(/C=C\C(=O)OC1CCCCC1)OC1CCCCC1.O=C(O)CC(=O)O. The fourth-order valence-corrected chi connectivity index (χ4v) is 3.04. The topological polar surface area (TPSA) is 127 Å². The maximum absolute atomic E-state index is 11.6. The van der Waals surface area contributed by atoms with Crippen LogP contribution in [0.5, 0.6) is 0 Å². The molecule has 0 saturated heterocycles. The second-order valence-corrected chi connectivity index (χ2v) is 6.69. The van der Waals surface area contributed by atoms with Gasteiger partial charge in [-0.05, 0) is 51.4 Å². The standard InChI is InChI=1S/C16H24O4.C3H4O4/c17-15(19-13-7-3-1-4-8-13)11-12-16(18)20-14-9-5-2-6-10-14;4-2(5)1-3(6)7/h11-14H,1-10H2;1H2,(H,4,5)(H,6,7)/b12-11-;. The summed E-state index contributed by atoms with van der Waals surface area (Å²) in [6.07, 6.45) is 12.3. The Morgan fingerprint density at radius 1 is 0.667 bits per heavy atom. The fourth-order valence-electron chi connectivity index (χ4n) is 3.04. The Kier molecular flexibility index (Phi) is 10.8. The zero-order valence-electron chi connectivity index (χ0n) is 15.4. The monoisotopic (exact) mass is 384 g/mol. The van der Waals surface area contributed by atoms with Gasteiger partial charge in [0.1, 0.15) is 18.6 Å². The van der Waals surface area contributed by atoms with Crippen LogP contribution in [0.3, 0.4) is 0 Å². The first-order valence-electron chi connectivity index (χ1n) is 9.39. The highest BCUT2D eigenvalue weighted by molar-refractivity contribution is 5.91. The first-order valence-corrected chi connectivity index (χ1v) is 9.39. The van der Waals surface area contributed by atoms with Crippen LogP contribution in [-0.4, -0.2) is 46.3 Å². The van der Waals surface area contributed by atoms with E-state index in [9.17, 15) is 19.2 Å². The summed E-state index contributed by atoms with van der Waals surface area (Å²) >= 11 is 0. The molecule has 152 valence electrons. The Morgan fingerprint density at radius 3 is 1.26 bits per heavy atom. The Bertz CT molecular complexity index is 482. The summed E-state index contributed by atoms with van der Waals surface area (Å²) in [6, 6.07) is 0. The van der Waals surface area contributed by atoms with E-state index in [0.717, 1.165) is 51.4 Å². The molecule has 2 fully saturated rings. The predicted molar refractivity (Wildman–Crippen MR) is 95.0 cm³/mol. The molecule has 0 atom stereocenters. The van der Waals surface area contributed by atoms with Crippen LogP contribution < -0.4 is 0 Å². The molecule has 0 unspecified atom stereocenters. The average molecular weight is 384 g/mol. The molecule has 8 heteroatoms. The van der Waals surface area contributed by atoms with Crippen molar-refractivity contribution < 1.29 is 38.9 Å². The third kappa shape index (κ3) is 11.8. The van der Waals surface area contributed by atoms with Crippen molar-refractivity contribution in [2.45, 2.75) is 82.8 Å². The zero-order valence-corrected chi connectivity index (χ0v) is 15.4. The normalized spacial score (nSPS) is 18.2. The molecular formula is C19H28O8. The molecule has 0 aromatic rings. The molecule has 2 N–H and O–H groups in total. The van der Waals surface area contributed by atoms with Gasteiger partial charge in [-0.15, -0.1) is 0 Å². The van der Waals surface area contributed by atoms with E-state index in [2.05, 4.69) is 0 Å². The number of ether oxygens (including phenoxy) is 2. The van der Waals surface area contributed by atoms with Crippen LogP contribution in [0.15, 0.2) is 12.2 Å². The molecular weight excluding hydrogens is 356 g/mol. The molecule has 0 aromatic carbocycles. The second kappa shape index (κ2) is 12.9. The van der Waals surface area contributed by atoms with E-state index >= 15 is 0 Å². The highest BCUT2D eigenvalue weighted by atomic mass is 16.5. The van der Waals surface area contributed by atoms with Crippen LogP contribution in [0, 0.1) is 0 Å². The lowest BCUT2D eigenvalue weighted by Crippen LogP contribution is -2.21. The number of esters is 2. The van der Waals surface area contributed by atoms with Gasteiger partial charge in [-0.1, -0.05) is 12.8 Å². The van der Waals surface area contributed by atoms with Crippen LogP contribution in [0.1, 0.15) is 70.6 Å². The second-order valence-electron chi connectivity index (χ2n) is 6.69. The quantitative estimate of drug-likeness (QED) is 0.406. The third-order valence-electron chi connectivity index (χ3n) is 4.33. The molecule has 2 rings (SSSR count). The minimum atomic E-state index is -1.31. The van der Waals surface area contributed by atoms with Crippen molar-refractivity contribution >= 4 is 23.9 Å². The zero-order chi connectivity index (χ0) is 20.1. The number of rotatable bonds is 6. The molecule has 0 aliphatic heterocycles. The molecule has 0 aromatic heterocycles. The van der Waals surface area contributed by atoms with E-state index in [-0.39, 0.29) is 12.2 Å². The summed E-state index contributed by atoms with van der Waals surface area (Å²) in [7, 11) is 0. The summed E-state index contributed by atoms with van der Waals surface area (Å²) in [4.78, 5) is 42.0. The first kappa shape index (κ1) is 22.7. The van der Waals surface area contributed by atoms with Gasteiger partial charge in [-0.2, -0.15) is 0 Å². The number of carboxylic acid groups (broad SMARTS) is 2. The van der Waals surface area contributed by atoms with E-state index in [1.54, 1.807) is 0 Å². The maximum atomic E-state index is 11.6. The van der Waals surface area contributed by atoms with Gasteiger partial charge < -0.3 is 19.7 Å². The summed E-state index contributed by atoms with van der Waals surface area (Å²) in [5.74, 6) is -3.49. The number of carboxylic acids is 2. The van der Waals surface area contributed by atoms with Gasteiger partial charge in [0.25, 0.3) is 0 Å². The number of hydrogen-bond donors (Lipinski definition) is 2. The summed E-state index contributed by atoms with van der Waals surface area (Å²) in [6.45, 7) is 0. The Balaban J connectivity index is 0.000000445. The summed E-state index contributed by atoms with van der Waals surface area (Å²) in [5.41, 5.74) is 0. The predicted octanol–water partition coefficient (Wildman–Crippen LogP) is 2.84. The van der Waals surface area contributed by atoms with Crippen molar-refractivity contribution in [2.75, 3.05) is 0 Å². The molecule has 27 heavy (non-hydrogen) atoms. The molecule has 0 amide bonds. The van der Waals surface area contributed by atoms with E-state index in [4.69, 9.17) is 19.7 Å². The molecule has 8 nitrogen and oxygen atoms in total. The highest BCUT2D eigenvalue weighted by Gasteiger charge is 2.18. The van der Waals surface area contributed by atoms with Gasteiger partial charge in [-0.3, -0.25) is 9.59 Å². The smallest absolute Gasteiger partial charge is 0.331 e. The Labute approximate surface area is 158 Å². The molecule has 0 heterocycles. The van der Waals surface area contributed by atoms with Gasteiger partial charge in [0.05, 0.1) is 0 Å². The minimum Gasteiger partial charge on any atom is -0.481 e. The van der Waals surface area contributed by atoms with Crippen molar-refractivity contribution in [2.24, 2.45) is 0 Å². The third-order valence-corrected chi connectivity index (χ3v) is 4.33. The Morgan fingerprint density at radius 2 is 1.00 bits per heavy atom. The van der Waals surface area contributed by atoms with Crippen molar-refractivity contribution in [1.82, 2.24) is 0 Å². The van der Waals surface area contributed by atoms with E-state index < -0.39 is 30.3 Å². The first-order chi connectivity index (χ1) is 12.9. The van der Waals surface area contributed by atoms with Crippen molar-refractivity contribution in [1.29, 1.82) is 0 Å².